The van der Waals surface area contributed by atoms with Gasteiger partial charge in [0, 0.05) is 13.0 Å². The summed E-state index contributed by atoms with van der Waals surface area (Å²) in [7, 11) is 0. The summed E-state index contributed by atoms with van der Waals surface area (Å²) in [6, 6.07) is 7.33. The van der Waals surface area contributed by atoms with Gasteiger partial charge in [-0.1, -0.05) is 12.1 Å². The second kappa shape index (κ2) is 5.68. The van der Waals surface area contributed by atoms with Crippen molar-refractivity contribution in [1.82, 2.24) is 4.90 Å². The van der Waals surface area contributed by atoms with Crippen molar-refractivity contribution in [1.29, 1.82) is 0 Å². The summed E-state index contributed by atoms with van der Waals surface area (Å²) >= 11 is 0. The van der Waals surface area contributed by atoms with Crippen molar-refractivity contribution in [3.05, 3.63) is 24.3 Å². The number of anilines is 2. The summed E-state index contributed by atoms with van der Waals surface area (Å²) in [5.74, 6) is 0.0369. The molecular formula is C13H19N3O. The molecule has 92 valence electrons. The number of para-hydroxylation sites is 2. The van der Waals surface area contributed by atoms with Crippen LogP contribution in [0.4, 0.5) is 11.4 Å². The largest absolute Gasteiger partial charge is 0.397 e. The van der Waals surface area contributed by atoms with Gasteiger partial charge in [0.25, 0.3) is 0 Å². The van der Waals surface area contributed by atoms with Gasteiger partial charge in [-0.3, -0.25) is 4.79 Å². The number of carbonyl (C=O) groups excluding carboxylic acids is 1. The smallest absolute Gasteiger partial charge is 0.225 e. The molecular weight excluding hydrogens is 214 g/mol. The molecule has 0 aliphatic carbocycles. The lowest BCUT2D eigenvalue weighted by Gasteiger charge is -2.14. The van der Waals surface area contributed by atoms with Gasteiger partial charge in [-0.2, -0.15) is 0 Å². The number of likely N-dealkylation sites (tertiary alicyclic amines) is 1. The Labute approximate surface area is 102 Å². The molecule has 1 aromatic rings. The van der Waals surface area contributed by atoms with Gasteiger partial charge in [0.1, 0.15) is 0 Å². The van der Waals surface area contributed by atoms with E-state index < -0.39 is 0 Å². The minimum Gasteiger partial charge on any atom is -0.397 e. The number of hydrogen-bond donors (Lipinski definition) is 2. The van der Waals surface area contributed by atoms with Crippen LogP contribution < -0.4 is 11.1 Å². The maximum absolute atomic E-state index is 11.7. The van der Waals surface area contributed by atoms with E-state index in [0.717, 1.165) is 19.6 Å². The Morgan fingerprint density at radius 2 is 2.00 bits per heavy atom. The highest BCUT2D eigenvalue weighted by Gasteiger charge is 2.13. The molecule has 0 saturated carbocycles. The molecule has 0 bridgehead atoms. The number of nitrogens with two attached hydrogens (primary N) is 1. The van der Waals surface area contributed by atoms with Crippen molar-refractivity contribution >= 4 is 17.3 Å². The molecule has 4 heteroatoms. The van der Waals surface area contributed by atoms with Crippen molar-refractivity contribution in [2.45, 2.75) is 19.3 Å². The third-order valence-corrected chi connectivity index (χ3v) is 3.09. The minimum atomic E-state index is 0.0369. The second-order valence-corrected chi connectivity index (χ2v) is 4.43. The van der Waals surface area contributed by atoms with Gasteiger partial charge in [0.05, 0.1) is 11.4 Å². The van der Waals surface area contributed by atoms with Crippen LogP contribution in [0.1, 0.15) is 19.3 Å². The van der Waals surface area contributed by atoms with Crippen molar-refractivity contribution in [2.24, 2.45) is 0 Å². The van der Waals surface area contributed by atoms with E-state index in [0.29, 0.717) is 17.8 Å². The second-order valence-electron chi connectivity index (χ2n) is 4.43. The Morgan fingerprint density at radius 1 is 1.29 bits per heavy atom. The molecule has 0 unspecified atom stereocenters. The Balaban J connectivity index is 1.79. The molecule has 0 aromatic heterocycles. The topological polar surface area (TPSA) is 58.4 Å². The van der Waals surface area contributed by atoms with Gasteiger partial charge in [-0.15, -0.1) is 0 Å². The van der Waals surface area contributed by atoms with Crippen LogP contribution in [-0.4, -0.2) is 30.4 Å². The van der Waals surface area contributed by atoms with Gasteiger partial charge in [0.2, 0.25) is 5.91 Å². The van der Waals surface area contributed by atoms with E-state index in [4.69, 9.17) is 5.73 Å². The zero-order valence-electron chi connectivity index (χ0n) is 9.98. The third kappa shape index (κ3) is 3.46. The normalized spacial score (nSPS) is 16.0. The fourth-order valence-electron chi connectivity index (χ4n) is 2.09. The van der Waals surface area contributed by atoms with Crippen molar-refractivity contribution in [3.63, 3.8) is 0 Å². The van der Waals surface area contributed by atoms with Crippen molar-refractivity contribution in [3.8, 4) is 0 Å². The predicted octanol–water partition coefficient (Wildman–Crippen LogP) is 1.69. The molecule has 3 N–H and O–H groups in total. The first-order valence-electron chi connectivity index (χ1n) is 6.12. The minimum absolute atomic E-state index is 0.0369. The van der Waals surface area contributed by atoms with Crippen LogP contribution in [0.25, 0.3) is 0 Å². The molecule has 1 heterocycles. The van der Waals surface area contributed by atoms with Crippen molar-refractivity contribution < 1.29 is 4.79 Å². The number of amides is 1. The van der Waals surface area contributed by atoms with E-state index in [9.17, 15) is 4.79 Å². The Hall–Kier alpha value is -1.55. The average Bonchev–Trinajstić information content (AvgIpc) is 2.82. The maximum Gasteiger partial charge on any atom is 0.225 e. The van der Waals surface area contributed by atoms with Crippen LogP contribution in [0.2, 0.25) is 0 Å². The van der Waals surface area contributed by atoms with Gasteiger partial charge < -0.3 is 16.0 Å². The molecule has 0 atom stereocenters. The van der Waals surface area contributed by atoms with E-state index in [-0.39, 0.29) is 5.91 Å². The molecule has 1 saturated heterocycles. The van der Waals surface area contributed by atoms with Crippen LogP contribution in [-0.2, 0) is 4.79 Å². The first-order valence-corrected chi connectivity index (χ1v) is 6.12. The van der Waals surface area contributed by atoms with E-state index in [1.807, 2.05) is 18.2 Å². The summed E-state index contributed by atoms with van der Waals surface area (Å²) < 4.78 is 0. The highest BCUT2D eigenvalue weighted by Crippen LogP contribution is 2.17. The van der Waals surface area contributed by atoms with E-state index in [1.54, 1.807) is 6.07 Å². The molecule has 1 aliphatic heterocycles. The van der Waals surface area contributed by atoms with E-state index >= 15 is 0 Å². The maximum atomic E-state index is 11.7. The van der Waals surface area contributed by atoms with Gasteiger partial charge >= 0.3 is 0 Å². The summed E-state index contributed by atoms with van der Waals surface area (Å²) in [5, 5.41) is 2.84. The summed E-state index contributed by atoms with van der Waals surface area (Å²) in [6.45, 7) is 3.10. The number of hydrogen-bond acceptors (Lipinski definition) is 3. The van der Waals surface area contributed by atoms with Gasteiger partial charge in [-0.25, -0.2) is 0 Å². The van der Waals surface area contributed by atoms with Crippen LogP contribution in [0.5, 0.6) is 0 Å². The third-order valence-electron chi connectivity index (χ3n) is 3.09. The van der Waals surface area contributed by atoms with Crippen molar-refractivity contribution in [2.75, 3.05) is 30.7 Å². The molecule has 4 nitrogen and oxygen atoms in total. The summed E-state index contributed by atoms with van der Waals surface area (Å²) in [5.41, 5.74) is 7.08. The highest BCUT2D eigenvalue weighted by atomic mass is 16.1. The molecule has 2 rings (SSSR count). The van der Waals surface area contributed by atoms with Crippen LogP contribution >= 0.6 is 0 Å². The summed E-state index contributed by atoms with van der Waals surface area (Å²) in [4.78, 5) is 14.1. The monoisotopic (exact) mass is 233 g/mol. The van der Waals surface area contributed by atoms with E-state index in [1.165, 1.54) is 12.8 Å². The molecule has 1 aromatic carbocycles. The fourth-order valence-corrected chi connectivity index (χ4v) is 2.09. The lowest BCUT2D eigenvalue weighted by atomic mass is 10.2. The zero-order valence-corrected chi connectivity index (χ0v) is 9.98. The lowest BCUT2D eigenvalue weighted by Crippen LogP contribution is -2.25. The van der Waals surface area contributed by atoms with Crippen LogP contribution in [0.3, 0.4) is 0 Å². The zero-order chi connectivity index (χ0) is 12.1. The van der Waals surface area contributed by atoms with Gasteiger partial charge in [-0.05, 0) is 38.1 Å². The average molecular weight is 233 g/mol. The predicted molar refractivity (Wildman–Crippen MR) is 69.8 cm³/mol. The SMILES string of the molecule is Nc1ccccc1NC(=O)CCN1CCCC1. The molecule has 17 heavy (non-hydrogen) atoms. The molecule has 0 radical (unpaired) electrons. The molecule has 1 amide bonds. The van der Waals surface area contributed by atoms with E-state index in [2.05, 4.69) is 10.2 Å². The molecule has 1 fully saturated rings. The number of nitrogen functional groups attached to an aromatic ring is 1. The lowest BCUT2D eigenvalue weighted by molar-refractivity contribution is -0.116. The highest BCUT2D eigenvalue weighted by molar-refractivity contribution is 5.93. The van der Waals surface area contributed by atoms with Crippen LogP contribution in [0, 0.1) is 0 Å². The fraction of sp³-hybridized carbons (Fsp3) is 0.462. The Morgan fingerprint density at radius 3 is 2.71 bits per heavy atom. The number of nitrogens with zero attached hydrogens (tertiary/aromatic N) is 1. The number of rotatable bonds is 4. The number of benzene rings is 1. The first-order chi connectivity index (χ1) is 8.25. The first kappa shape index (κ1) is 11.9. The molecule has 1 aliphatic rings. The quantitative estimate of drug-likeness (QED) is 0.778. The standard InChI is InChI=1S/C13H19N3O/c14-11-5-1-2-6-12(11)15-13(17)7-10-16-8-3-4-9-16/h1-2,5-6H,3-4,7-10,14H2,(H,15,17). The van der Waals surface area contributed by atoms with Gasteiger partial charge in [0.15, 0.2) is 0 Å². The summed E-state index contributed by atoms with van der Waals surface area (Å²) in [6.07, 6.45) is 3.05. The Bertz CT molecular complexity index is 386. The number of carbonyl (C=O) groups is 1. The van der Waals surface area contributed by atoms with Crippen LogP contribution in [0.15, 0.2) is 24.3 Å². The Kier molecular flexibility index (Phi) is 3.98. The molecule has 0 spiro atoms. The number of nitrogens with one attached hydrogen (secondary N) is 1.